The third-order valence-corrected chi connectivity index (χ3v) is 3.72. The maximum Gasteiger partial charge on any atom is 0.135 e. The zero-order chi connectivity index (χ0) is 14.7. The van der Waals surface area contributed by atoms with E-state index in [1.807, 2.05) is 49.4 Å². The first kappa shape index (κ1) is 13.9. The van der Waals surface area contributed by atoms with E-state index in [2.05, 4.69) is 12.1 Å². The smallest absolute Gasteiger partial charge is 0.135 e. The maximum atomic E-state index is 5.94. The monoisotopic (exact) mass is 281 g/mol. The molecule has 0 fully saturated rings. The molecule has 3 aromatic rings. The van der Waals surface area contributed by atoms with Gasteiger partial charge in [-0.05, 0) is 18.6 Å². The fourth-order valence-electron chi connectivity index (χ4n) is 2.51. The summed E-state index contributed by atoms with van der Waals surface area (Å²) in [6, 6.07) is 18.1. The average molecular weight is 281 g/mol. The van der Waals surface area contributed by atoms with Crippen LogP contribution in [0.25, 0.3) is 11.0 Å². The highest BCUT2D eigenvalue weighted by molar-refractivity contribution is 5.82. The first-order chi connectivity index (χ1) is 10.3. The van der Waals surface area contributed by atoms with Crippen molar-refractivity contribution in [2.24, 2.45) is 5.73 Å². The molecule has 1 unspecified atom stereocenters. The minimum Gasteiger partial charge on any atom is -0.458 e. The molecule has 2 aromatic carbocycles. The highest BCUT2D eigenvalue weighted by Crippen LogP contribution is 2.27. The number of rotatable bonds is 5. The Morgan fingerprint density at radius 1 is 1.05 bits per heavy atom. The van der Waals surface area contributed by atoms with Crippen molar-refractivity contribution in [1.82, 2.24) is 0 Å². The van der Waals surface area contributed by atoms with Gasteiger partial charge in [0.15, 0.2) is 0 Å². The van der Waals surface area contributed by atoms with Crippen molar-refractivity contribution in [2.75, 3.05) is 0 Å². The summed E-state index contributed by atoms with van der Waals surface area (Å²) in [6.45, 7) is 2.92. The molecule has 108 valence electrons. The Labute approximate surface area is 124 Å². The van der Waals surface area contributed by atoms with E-state index in [1.165, 1.54) is 0 Å². The molecule has 1 heterocycles. The molecule has 0 aliphatic rings. The van der Waals surface area contributed by atoms with Gasteiger partial charge in [-0.25, -0.2) is 0 Å². The van der Waals surface area contributed by atoms with Crippen molar-refractivity contribution in [1.29, 1.82) is 0 Å². The molecule has 0 saturated heterocycles. The fourth-order valence-corrected chi connectivity index (χ4v) is 2.51. The standard InChI is InChI=1S/C18H19NO2/c1-13(14-7-3-2-4-8-14)20-12-18-16(11-19)15-9-5-6-10-17(15)21-18/h2-10,13H,11-12,19H2,1H3. The predicted molar refractivity (Wildman–Crippen MR) is 83.8 cm³/mol. The molecular formula is C18H19NO2. The summed E-state index contributed by atoms with van der Waals surface area (Å²) < 4.78 is 11.8. The molecule has 3 heteroatoms. The van der Waals surface area contributed by atoms with Crippen LogP contribution in [0.1, 0.15) is 29.9 Å². The van der Waals surface area contributed by atoms with Gasteiger partial charge in [0.2, 0.25) is 0 Å². The predicted octanol–water partition coefficient (Wildman–Crippen LogP) is 4.17. The Balaban J connectivity index is 1.79. The van der Waals surface area contributed by atoms with Gasteiger partial charge in [-0.3, -0.25) is 0 Å². The van der Waals surface area contributed by atoms with E-state index in [-0.39, 0.29) is 6.10 Å². The molecule has 3 rings (SSSR count). The van der Waals surface area contributed by atoms with Crippen molar-refractivity contribution in [3.8, 4) is 0 Å². The van der Waals surface area contributed by atoms with Gasteiger partial charge in [-0.2, -0.15) is 0 Å². The van der Waals surface area contributed by atoms with Crippen LogP contribution in [0.4, 0.5) is 0 Å². The Morgan fingerprint density at radius 2 is 1.76 bits per heavy atom. The number of furan rings is 1. The molecule has 0 aliphatic carbocycles. The molecule has 0 saturated carbocycles. The number of para-hydroxylation sites is 1. The number of benzene rings is 2. The highest BCUT2D eigenvalue weighted by atomic mass is 16.5. The molecule has 1 atom stereocenters. The first-order valence-electron chi connectivity index (χ1n) is 7.15. The van der Waals surface area contributed by atoms with Crippen LogP contribution in [0, 0.1) is 0 Å². The zero-order valence-corrected chi connectivity index (χ0v) is 12.1. The molecule has 21 heavy (non-hydrogen) atoms. The molecule has 0 radical (unpaired) electrons. The summed E-state index contributed by atoms with van der Waals surface area (Å²) in [5, 5.41) is 1.07. The largest absolute Gasteiger partial charge is 0.458 e. The molecule has 3 nitrogen and oxygen atoms in total. The van der Waals surface area contributed by atoms with Crippen molar-refractivity contribution in [2.45, 2.75) is 26.2 Å². The number of nitrogens with two attached hydrogens (primary N) is 1. The molecule has 0 amide bonds. The van der Waals surface area contributed by atoms with Crippen LogP contribution in [0.3, 0.4) is 0 Å². The van der Waals surface area contributed by atoms with Gasteiger partial charge < -0.3 is 14.9 Å². The average Bonchev–Trinajstić information content (AvgIpc) is 2.91. The molecule has 1 aromatic heterocycles. The zero-order valence-electron chi connectivity index (χ0n) is 12.1. The van der Waals surface area contributed by atoms with E-state index in [0.29, 0.717) is 13.2 Å². The van der Waals surface area contributed by atoms with E-state index >= 15 is 0 Å². The second-order valence-corrected chi connectivity index (χ2v) is 5.07. The number of fused-ring (bicyclic) bond motifs is 1. The van der Waals surface area contributed by atoms with Crippen molar-refractivity contribution >= 4 is 11.0 Å². The Hall–Kier alpha value is -2.10. The summed E-state index contributed by atoms with van der Waals surface area (Å²) in [5.74, 6) is 0.821. The minimum absolute atomic E-state index is 0.0186. The van der Waals surface area contributed by atoms with Crippen LogP contribution >= 0.6 is 0 Å². The summed E-state index contributed by atoms with van der Waals surface area (Å²) >= 11 is 0. The van der Waals surface area contributed by atoms with Gasteiger partial charge in [-0.15, -0.1) is 0 Å². The second kappa shape index (κ2) is 6.12. The van der Waals surface area contributed by atoms with Crippen molar-refractivity contribution in [3.63, 3.8) is 0 Å². The van der Waals surface area contributed by atoms with Crippen molar-refractivity contribution in [3.05, 3.63) is 71.5 Å². The Kier molecular flexibility index (Phi) is 4.04. The third kappa shape index (κ3) is 2.84. The quantitative estimate of drug-likeness (QED) is 0.763. The van der Waals surface area contributed by atoms with Gasteiger partial charge in [0.1, 0.15) is 18.0 Å². The number of ether oxygens (including phenoxy) is 1. The summed E-state index contributed by atoms with van der Waals surface area (Å²) in [4.78, 5) is 0. The van der Waals surface area contributed by atoms with E-state index < -0.39 is 0 Å². The highest BCUT2D eigenvalue weighted by Gasteiger charge is 2.14. The van der Waals surface area contributed by atoms with Crippen LogP contribution in [0.5, 0.6) is 0 Å². The maximum absolute atomic E-state index is 5.94. The lowest BCUT2D eigenvalue weighted by Gasteiger charge is -2.12. The fraction of sp³-hybridized carbons (Fsp3) is 0.222. The van der Waals surface area contributed by atoms with Crippen molar-refractivity contribution < 1.29 is 9.15 Å². The normalized spacial score (nSPS) is 12.7. The van der Waals surface area contributed by atoms with Gasteiger partial charge in [0.05, 0.1) is 6.10 Å². The van der Waals surface area contributed by atoms with E-state index in [1.54, 1.807) is 0 Å². The minimum atomic E-state index is 0.0186. The Bertz CT molecular complexity index is 718. The van der Waals surface area contributed by atoms with Crippen LogP contribution in [-0.2, 0) is 17.9 Å². The number of hydrogen-bond acceptors (Lipinski definition) is 3. The van der Waals surface area contributed by atoms with Gasteiger partial charge in [0.25, 0.3) is 0 Å². The molecule has 0 bridgehead atoms. The second-order valence-electron chi connectivity index (χ2n) is 5.07. The molecular weight excluding hydrogens is 262 g/mol. The topological polar surface area (TPSA) is 48.4 Å². The lowest BCUT2D eigenvalue weighted by molar-refractivity contribution is 0.0422. The molecule has 2 N–H and O–H groups in total. The van der Waals surface area contributed by atoms with Crippen LogP contribution < -0.4 is 5.73 Å². The van der Waals surface area contributed by atoms with Crippen LogP contribution in [0.2, 0.25) is 0 Å². The van der Waals surface area contributed by atoms with Gasteiger partial charge >= 0.3 is 0 Å². The lowest BCUT2D eigenvalue weighted by Crippen LogP contribution is -2.03. The summed E-state index contributed by atoms with van der Waals surface area (Å²) in [5.41, 5.74) is 8.92. The molecule has 0 aliphatic heterocycles. The van der Waals surface area contributed by atoms with E-state index in [4.69, 9.17) is 14.9 Å². The van der Waals surface area contributed by atoms with E-state index in [9.17, 15) is 0 Å². The Morgan fingerprint density at radius 3 is 2.52 bits per heavy atom. The molecule has 0 spiro atoms. The SMILES string of the molecule is CC(OCc1oc2ccccc2c1CN)c1ccccc1. The first-order valence-corrected chi connectivity index (χ1v) is 7.15. The van der Waals surface area contributed by atoms with Gasteiger partial charge in [-0.1, -0.05) is 48.5 Å². The van der Waals surface area contributed by atoms with E-state index in [0.717, 1.165) is 27.9 Å². The lowest BCUT2D eigenvalue weighted by atomic mass is 10.1. The van der Waals surface area contributed by atoms with Gasteiger partial charge in [0, 0.05) is 17.5 Å². The van der Waals surface area contributed by atoms with Crippen LogP contribution in [-0.4, -0.2) is 0 Å². The van der Waals surface area contributed by atoms with Crippen LogP contribution in [0.15, 0.2) is 59.0 Å². The third-order valence-electron chi connectivity index (χ3n) is 3.72. The number of hydrogen-bond donors (Lipinski definition) is 1. The summed E-state index contributed by atoms with van der Waals surface area (Å²) in [6.07, 6.45) is 0.0186. The summed E-state index contributed by atoms with van der Waals surface area (Å²) in [7, 11) is 0.